The van der Waals surface area contributed by atoms with E-state index >= 15 is 0 Å². The van der Waals surface area contributed by atoms with Crippen LogP contribution in [0.3, 0.4) is 0 Å². The second-order valence-corrected chi connectivity index (χ2v) is 11.7. The molecule has 2 aliphatic rings. The summed E-state index contributed by atoms with van der Waals surface area (Å²) in [5, 5.41) is 3.75. The molecule has 0 spiro atoms. The Bertz CT molecular complexity index is 1520. The van der Waals surface area contributed by atoms with Crippen molar-refractivity contribution in [1.29, 1.82) is 0 Å². The molecule has 252 valence electrons. The fraction of sp³-hybridized carbons (Fsp3) is 0.412. The molecule has 0 saturated carbocycles. The van der Waals surface area contributed by atoms with Crippen LogP contribution in [0, 0.1) is 0 Å². The van der Waals surface area contributed by atoms with Crippen molar-refractivity contribution in [2.24, 2.45) is 0 Å². The Labute approximate surface area is 288 Å². The number of rotatable bonds is 10. The number of benzene rings is 2. The SMILES string of the molecule is COc1nc(OC)c(CN2C[C@@H]3CN(C(=O)c4ccno4)CCN3[C@H](C(c3ccccc3)c3ccccc3)C2)c(OC(C)C)n1.Cl.Cl. The van der Waals surface area contributed by atoms with Gasteiger partial charge >= 0.3 is 6.01 Å². The molecular weight excluding hydrogens is 643 g/mol. The van der Waals surface area contributed by atoms with Gasteiger partial charge in [0.15, 0.2) is 0 Å². The molecule has 13 heteroatoms. The topological polar surface area (TPSA) is 106 Å². The molecule has 0 radical (unpaired) electrons. The molecule has 11 nitrogen and oxygen atoms in total. The lowest BCUT2D eigenvalue weighted by molar-refractivity contribution is -0.0300. The third-order valence-electron chi connectivity index (χ3n) is 8.52. The lowest BCUT2D eigenvalue weighted by atomic mass is 9.81. The van der Waals surface area contributed by atoms with Crippen LogP contribution in [0.4, 0.5) is 0 Å². The number of amides is 1. The van der Waals surface area contributed by atoms with Gasteiger partial charge < -0.3 is 23.6 Å². The maximum Gasteiger partial charge on any atom is 0.322 e. The molecule has 2 atom stereocenters. The first-order valence-electron chi connectivity index (χ1n) is 15.4. The Morgan fingerprint density at radius 2 is 1.53 bits per heavy atom. The summed E-state index contributed by atoms with van der Waals surface area (Å²) in [6, 6.07) is 23.4. The summed E-state index contributed by atoms with van der Waals surface area (Å²) in [6.45, 7) is 7.85. The second-order valence-electron chi connectivity index (χ2n) is 11.7. The van der Waals surface area contributed by atoms with Crippen molar-refractivity contribution >= 4 is 30.7 Å². The molecule has 2 aliphatic heterocycles. The number of methoxy groups -OCH3 is 2. The fourth-order valence-corrected chi connectivity index (χ4v) is 6.63. The molecule has 2 aromatic carbocycles. The average molecular weight is 686 g/mol. The van der Waals surface area contributed by atoms with Crippen LogP contribution in [-0.4, -0.2) is 101 Å². The number of aromatic nitrogens is 3. The van der Waals surface area contributed by atoms with Crippen molar-refractivity contribution in [2.45, 2.75) is 44.5 Å². The Balaban J connectivity index is 0.00000250. The molecule has 4 heterocycles. The first kappa shape index (κ1) is 35.9. The number of hydrogen-bond donors (Lipinski definition) is 0. The van der Waals surface area contributed by atoms with Crippen LogP contribution >= 0.6 is 24.8 Å². The van der Waals surface area contributed by atoms with Gasteiger partial charge in [0.05, 0.1) is 32.1 Å². The summed E-state index contributed by atoms with van der Waals surface area (Å²) >= 11 is 0. The summed E-state index contributed by atoms with van der Waals surface area (Å²) in [6.07, 6.45) is 1.40. The van der Waals surface area contributed by atoms with Gasteiger partial charge in [-0.15, -0.1) is 24.8 Å². The van der Waals surface area contributed by atoms with Crippen LogP contribution in [0.1, 0.15) is 47.0 Å². The molecular formula is C34H42Cl2N6O5. The van der Waals surface area contributed by atoms with Gasteiger partial charge in [0.2, 0.25) is 17.5 Å². The molecule has 4 aromatic rings. The van der Waals surface area contributed by atoms with Crippen molar-refractivity contribution < 1.29 is 23.5 Å². The number of hydrogen-bond acceptors (Lipinski definition) is 10. The first-order valence-corrected chi connectivity index (χ1v) is 15.4. The zero-order chi connectivity index (χ0) is 31.3. The minimum absolute atomic E-state index is 0. The summed E-state index contributed by atoms with van der Waals surface area (Å²) in [5.74, 6) is 1.09. The molecule has 2 aromatic heterocycles. The van der Waals surface area contributed by atoms with Crippen LogP contribution in [0.25, 0.3) is 0 Å². The smallest absolute Gasteiger partial charge is 0.322 e. The summed E-state index contributed by atoms with van der Waals surface area (Å²) in [7, 11) is 3.12. The Morgan fingerprint density at radius 3 is 2.11 bits per heavy atom. The number of carbonyl (C=O) groups excluding carboxylic acids is 1. The first-order chi connectivity index (χ1) is 21.9. The molecule has 0 aliphatic carbocycles. The van der Waals surface area contributed by atoms with Gasteiger partial charge in [-0.05, 0) is 25.0 Å². The summed E-state index contributed by atoms with van der Waals surface area (Å²) < 4.78 is 22.5. The third kappa shape index (κ3) is 7.98. The van der Waals surface area contributed by atoms with E-state index in [1.165, 1.54) is 24.4 Å². The van der Waals surface area contributed by atoms with Crippen LogP contribution in [-0.2, 0) is 6.54 Å². The second kappa shape index (κ2) is 16.3. The van der Waals surface area contributed by atoms with E-state index in [-0.39, 0.29) is 66.6 Å². The highest BCUT2D eigenvalue weighted by Gasteiger charge is 2.44. The van der Waals surface area contributed by atoms with Gasteiger partial charge in [-0.1, -0.05) is 65.8 Å². The van der Waals surface area contributed by atoms with Gasteiger partial charge in [-0.2, -0.15) is 9.97 Å². The zero-order valence-electron chi connectivity index (χ0n) is 27.0. The lowest BCUT2D eigenvalue weighted by Gasteiger charge is -2.53. The number of piperazine rings is 2. The van der Waals surface area contributed by atoms with E-state index in [0.29, 0.717) is 31.4 Å². The zero-order valence-corrected chi connectivity index (χ0v) is 28.7. The van der Waals surface area contributed by atoms with E-state index < -0.39 is 0 Å². The minimum atomic E-state index is -0.138. The average Bonchev–Trinajstić information content (AvgIpc) is 3.61. The normalized spacial score (nSPS) is 18.2. The van der Waals surface area contributed by atoms with Gasteiger partial charge in [-0.3, -0.25) is 14.6 Å². The Hall–Kier alpha value is -3.90. The van der Waals surface area contributed by atoms with Crippen molar-refractivity contribution in [3.8, 4) is 17.8 Å². The molecule has 0 unspecified atom stereocenters. The predicted octanol–water partition coefficient (Wildman–Crippen LogP) is 4.96. The maximum absolute atomic E-state index is 13.4. The van der Waals surface area contributed by atoms with E-state index in [1.807, 2.05) is 18.7 Å². The summed E-state index contributed by atoms with van der Waals surface area (Å²) in [4.78, 5) is 29.3. The largest absolute Gasteiger partial charge is 0.481 e. The molecule has 6 rings (SSSR count). The standard InChI is InChI=1S/C34H40N6O5.2ClH/c1-23(2)44-32-27(31(42-3)36-34(37-32)43-4)21-38-19-26-20-39(33(41)29-15-16-35-45-29)17-18-40(26)28(22-38)30(24-11-7-5-8-12-24)25-13-9-6-10-14-25;;/h5-16,23,26,28,30H,17-22H2,1-4H3;2*1H/t26-,28+;;/m1../s1. The maximum atomic E-state index is 13.4. The highest BCUT2D eigenvalue weighted by atomic mass is 35.5. The summed E-state index contributed by atoms with van der Waals surface area (Å²) in [5.41, 5.74) is 3.27. The molecule has 2 saturated heterocycles. The minimum Gasteiger partial charge on any atom is -0.481 e. The van der Waals surface area contributed by atoms with Gasteiger partial charge in [0, 0.05) is 63.3 Å². The van der Waals surface area contributed by atoms with Gasteiger partial charge in [-0.25, -0.2) is 0 Å². The Morgan fingerprint density at radius 1 is 0.872 bits per heavy atom. The van der Waals surface area contributed by atoms with Gasteiger partial charge in [0.1, 0.15) is 0 Å². The lowest BCUT2D eigenvalue weighted by Crippen LogP contribution is -2.67. The van der Waals surface area contributed by atoms with Crippen LogP contribution in [0.5, 0.6) is 17.8 Å². The van der Waals surface area contributed by atoms with E-state index in [2.05, 4.69) is 85.6 Å². The van der Waals surface area contributed by atoms with E-state index in [9.17, 15) is 4.79 Å². The highest BCUT2D eigenvalue weighted by Crippen LogP contribution is 2.37. The van der Waals surface area contributed by atoms with Crippen LogP contribution < -0.4 is 14.2 Å². The molecule has 1 amide bonds. The number of fused-ring (bicyclic) bond motifs is 1. The fourth-order valence-electron chi connectivity index (χ4n) is 6.63. The molecule has 2 fully saturated rings. The highest BCUT2D eigenvalue weighted by molar-refractivity contribution is 5.91. The van der Waals surface area contributed by atoms with Crippen molar-refractivity contribution in [3.05, 3.63) is 95.4 Å². The quantitative estimate of drug-likeness (QED) is 0.228. The molecule has 0 N–H and O–H groups in total. The number of nitrogens with zero attached hydrogens (tertiary/aromatic N) is 6. The van der Waals surface area contributed by atoms with Crippen LogP contribution in [0.2, 0.25) is 0 Å². The van der Waals surface area contributed by atoms with Crippen LogP contribution in [0.15, 0.2) is 77.4 Å². The van der Waals surface area contributed by atoms with Crippen molar-refractivity contribution in [2.75, 3.05) is 46.9 Å². The third-order valence-corrected chi connectivity index (χ3v) is 8.52. The number of carbonyl (C=O) groups is 1. The number of ether oxygens (including phenoxy) is 3. The van der Waals surface area contributed by atoms with E-state index in [4.69, 9.17) is 18.7 Å². The Kier molecular flexibility index (Phi) is 12.4. The monoisotopic (exact) mass is 684 g/mol. The van der Waals surface area contributed by atoms with Crippen molar-refractivity contribution in [3.63, 3.8) is 0 Å². The molecule has 47 heavy (non-hydrogen) atoms. The predicted molar refractivity (Wildman–Crippen MR) is 182 cm³/mol. The number of halogens is 2. The van der Waals surface area contributed by atoms with E-state index in [1.54, 1.807) is 13.2 Å². The van der Waals surface area contributed by atoms with Crippen molar-refractivity contribution in [1.82, 2.24) is 29.8 Å². The van der Waals surface area contributed by atoms with E-state index in [0.717, 1.165) is 25.2 Å². The van der Waals surface area contributed by atoms with Gasteiger partial charge in [0.25, 0.3) is 5.91 Å². The molecule has 0 bridgehead atoms.